The minimum atomic E-state index is -0.371. The summed E-state index contributed by atoms with van der Waals surface area (Å²) in [4.78, 5) is 11.4. The molecule has 0 unspecified atom stereocenters. The van der Waals surface area contributed by atoms with Gasteiger partial charge in [-0.25, -0.2) is 4.39 Å². The van der Waals surface area contributed by atoms with Crippen LogP contribution in [0, 0.1) is 5.82 Å². The van der Waals surface area contributed by atoms with Crippen molar-refractivity contribution in [3.05, 3.63) is 29.6 Å². The van der Waals surface area contributed by atoms with Gasteiger partial charge in [0.05, 0.1) is 0 Å². The molecule has 0 spiro atoms. The van der Waals surface area contributed by atoms with Gasteiger partial charge in [-0.05, 0) is 32.0 Å². The summed E-state index contributed by atoms with van der Waals surface area (Å²) >= 11 is 0. The van der Waals surface area contributed by atoms with E-state index in [1.165, 1.54) is 18.2 Å². The Balaban J connectivity index is 2.60. The molecule has 0 bridgehead atoms. The molecule has 0 aliphatic carbocycles. The fourth-order valence-electron chi connectivity index (χ4n) is 1.36. The zero-order chi connectivity index (χ0) is 12.8. The summed E-state index contributed by atoms with van der Waals surface area (Å²) in [6.07, 6.45) is 0. The quantitative estimate of drug-likeness (QED) is 0.812. The lowest BCUT2D eigenvalue weighted by atomic mass is 10.2. The Hall–Kier alpha value is -1.62. The normalized spacial score (nSPS) is 10.4. The minimum Gasteiger partial charge on any atom is -0.483 e. The Bertz CT molecular complexity index is 394. The molecular weight excluding hydrogens is 223 g/mol. The van der Waals surface area contributed by atoms with Crippen molar-refractivity contribution in [2.45, 2.75) is 26.4 Å². The average molecular weight is 240 g/mol. The maximum Gasteiger partial charge on any atom is 0.258 e. The SMILES string of the molecule is CC(C)NC(=O)COc1ccc(F)cc1CN. The maximum atomic E-state index is 12.9. The van der Waals surface area contributed by atoms with E-state index in [0.717, 1.165) is 0 Å². The summed E-state index contributed by atoms with van der Waals surface area (Å²) < 4.78 is 18.2. The summed E-state index contributed by atoms with van der Waals surface area (Å²) in [5.41, 5.74) is 6.00. The first-order chi connectivity index (χ1) is 8.02. The van der Waals surface area contributed by atoms with Gasteiger partial charge in [-0.2, -0.15) is 0 Å². The van der Waals surface area contributed by atoms with E-state index >= 15 is 0 Å². The lowest BCUT2D eigenvalue weighted by Crippen LogP contribution is -2.34. The van der Waals surface area contributed by atoms with Crippen molar-refractivity contribution >= 4 is 5.91 Å². The largest absolute Gasteiger partial charge is 0.483 e. The molecule has 1 rings (SSSR count). The van der Waals surface area contributed by atoms with Crippen LogP contribution in [0.3, 0.4) is 0 Å². The van der Waals surface area contributed by atoms with Crippen molar-refractivity contribution in [1.82, 2.24) is 5.32 Å². The van der Waals surface area contributed by atoms with Gasteiger partial charge in [0.2, 0.25) is 0 Å². The van der Waals surface area contributed by atoms with Crippen LogP contribution >= 0.6 is 0 Å². The highest BCUT2D eigenvalue weighted by Crippen LogP contribution is 2.18. The Morgan fingerprint density at radius 2 is 2.24 bits per heavy atom. The second-order valence-corrected chi connectivity index (χ2v) is 3.97. The fourth-order valence-corrected chi connectivity index (χ4v) is 1.36. The van der Waals surface area contributed by atoms with Crippen LogP contribution in [0.5, 0.6) is 5.75 Å². The van der Waals surface area contributed by atoms with E-state index in [1.807, 2.05) is 13.8 Å². The number of halogens is 1. The Labute approximate surface area is 100.0 Å². The van der Waals surface area contributed by atoms with Gasteiger partial charge >= 0.3 is 0 Å². The third-order valence-electron chi connectivity index (χ3n) is 2.05. The molecular formula is C12H17FN2O2. The molecule has 1 amide bonds. The highest BCUT2D eigenvalue weighted by molar-refractivity contribution is 5.77. The molecule has 0 saturated carbocycles. The molecule has 0 aliphatic rings. The van der Waals surface area contributed by atoms with E-state index in [2.05, 4.69) is 5.32 Å². The number of nitrogens with one attached hydrogen (secondary N) is 1. The molecule has 0 radical (unpaired) electrons. The van der Waals surface area contributed by atoms with Crippen molar-refractivity contribution in [1.29, 1.82) is 0 Å². The van der Waals surface area contributed by atoms with Crippen LogP contribution in [0.1, 0.15) is 19.4 Å². The van der Waals surface area contributed by atoms with Crippen molar-refractivity contribution in [3.8, 4) is 5.75 Å². The lowest BCUT2D eigenvalue weighted by Gasteiger charge is -2.12. The highest BCUT2D eigenvalue weighted by atomic mass is 19.1. The van der Waals surface area contributed by atoms with E-state index in [1.54, 1.807) is 0 Å². The molecule has 1 aromatic rings. The standard InChI is InChI=1S/C12H17FN2O2/c1-8(2)15-12(16)7-17-11-4-3-10(13)5-9(11)6-14/h3-5,8H,6-7,14H2,1-2H3,(H,15,16). The molecule has 4 nitrogen and oxygen atoms in total. The fraction of sp³-hybridized carbons (Fsp3) is 0.417. The summed E-state index contributed by atoms with van der Waals surface area (Å²) in [7, 11) is 0. The number of hydrogen-bond donors (Lipinski definition) is 2. The highest BCUT2D eigenvalue weighted by Gasteiger charge is 2.07. The van der Waals surface area contributed by atoms with Crippen LogP contribution in [0.4, 0.5) is 4.39 Å². The van der Waals surface area contributed by atoms with Gasteiger partial charge in [-0.15, -0.1) is 0 Å². The molecule has 1 aromatic carbocycles. The van der Waals surface area contributed by atoms with Gasteiger partial charge in [0.1, 0.15) is 11.6 Å². The first-order valence-corrected chi connectivity index (χ1v) is 5.43. The van der Waals surface area contributed by atoms with E-state index in [4.69, 9.17) is 10.5 Å². The van der Waals surface area contributed by atoms with Gasteiger partial charge in [0.25, 0.3) is 5.91 Å². The number of amides is 1. The predicted octanol–water partition coefficient (Wildman–Crippen LogP) is 1.19. The molecule has 0 aliphatic heterocycles. The van der Waals surface area contributed by atoms with Crippen LogP contribution in [0.15, 0.2) is 18.2 Å². The van der Waals surface area contributed by atoms with Crippen LogP contribution in [0.25, 0.3) is 0 Å². The Morgan fingerprint density at radius 1 is 1.53 bits per heavy atom. The van der Waals surface area contributed by atoms with Gasteiger partial charge in [-0.3, -0.25) is 4.79 Å². The number of nitrogens with two attached hydrogens (primary N) is 1. The molecule has 3 N–H and O–H groups in total. The minimum absolute atomic E-state index is 0.0632. The maximum absolute atomic E-state index is 12.9. The molecule has 0 heterocycles. The number of carbonyl (C=O) groups is 1. The van der Waals surface area contributed by atoms with Crippen molar-refractivity contribution in [2.24, 2.45) is 5.73 Å². The van der Waals surface area contributed by atoms with Crippen molar-refractivity contribution in [3.63, 3.8) is 0 Å². The van der Waals surface area contributed by atoms with E-state index in [9.17, 15) is 9.18 Å². The summed E-state index contributed by atoms with van der Waals surface area (Å²) in [5, 5.41) is 2.69. The Morgan fingerprint density at radius 3 is 2.82 bits per heavy atom. The zero-order valence-corrected chi connectivity index (χ0v) is 10.00. The number of hydrogen-bond acceptors (Lipinski definition) is 3. The van der Waals surface area contributed by atoms with Crippen molar-refractivity contribution < 1.29 is 13.9 Å². The zero-order valence-electron chi connectivity index (χ0n) is 10.00. The first-order valence-electron chi connectivity index (χ1n) is 5.43. The van der Waals surface area contributed by atoms with Gasteiger partial charge in [0, 0.05) is 18.2 Å². The molecule has 17 heavy (non-hydrogen) atoms. The second kappa shape index (κ2) is 6.20. The van der Waals surface area contributed by atoms with Gasteiger partial charge in [0.15, 0.2) is 6.61 Å². The number of benzene rings is 1. The number of rotatable bonds is 5. The van der Waals surface area contributed by atoms with E-state index in [-0.39, 0.29) is 30.9 Å². The smallest absolute Gasteiger partial charge is 0.258 e. The topological polar surface area (TPSA) is 64.3 Å². The van der Waals surface area contributed by atoms with Crippen LogP contribution < -0.4 is 15.8 Å². The monoisotopic (exact) mass is 240 g/mol. The average Bonchev–Trinajstić information content (AvgIpc) is 2.26. The molecule has 5 heteroatoms. The van der Waals surface area contributed by atoms with E-state index in [0.29, 0.717) is 11.3 Å². The molecule has 0 fully saturated rings. The van der Waals surface area contributed by atoms with E-state index < -0.39 is 0 Å². The third-order valence-corrected chi connectivity index (χ3v) is 2.05. The van der Waals surface area contributed by atoms with Crippen LogP contribution in [-0.2, 0) is 11.3 Å². The van der Waals surface area contributed by atoms with Gasteiger partial charge < -0.3 is 15.8 Å². The summed E-state index contributed by atoms with van der Waals surface area (Å²) in [5.74, 6) is -0.149. The third kappa shape index (κ3) is 4.40. The summed E-state index contributed by atoms with van der Waals surface area (Å²) in [6.45, 7) is 3.79. The molecule has 0 atom stereocenters. The number of carbonyl (C=O) groups excluding carboxylic acids is 1. The number of ether oxygens (including phenoxy) is 1. The van der Waals surface area contributed by atoms with Crippen LogP contribution in [0.2, 0.25) is 0 Å². The predicted molar refractivity (Wildman–Crippen MR) is 63.1 cm³/mol. The van der Waals surface area contributed by atoms with Gasteiger partial charge in [-0.1, -0.05) is 0 Å². The van der Waals surface area contributed by atoms with Crippen molar-refractivity contribution in [2.75, 3.05) is 6.61 Å². The molecule has 0 saturated heterocycles. The van der Waals surface area contributed by atoms with Crippen LogP contribution in [-0.4, -0.2) is 18.6 Å². The Kier molecular flexibility index (Phi) is 4.90. The molecule has 0 aromatic heterocycles. The second-order valence-electron chi connectivity index (χ2n) is 3.97. The summed E-state index contributed by atoms with van der Waals surface area (Å²) in [6, 6.07) is 4.11. The lowest BCUT2D eigenvalue weighted by molar-refractivity contribution is -0.123. The molecule has 94 valence electrons. The first kappa shape index (κ1) is 13.4.